The van der Waals surface area contributed by atoms with Crippen molar-refractivity contribution >= 4 is 5.91 Å². The summed E-state index contributed by atoms with van der Waals surface area (Å²) in [7, 11) is 0. The molecule has 1 aliphatic carbocycles. The fraction of sp³-hybridized carbons (Fsp3) is 0.538. The number of aliphatic hydroxyl groups excluding tert-OH is 1. The van der Waals surface area contributed by atoms with Crippen LogP contribution in [0.15, 0.2) is 23.1 Å². The van der Waals surface area contributed by atoms with Crippen molar-refractivity contribution in [1.82, 2.24) is 10.3 Å². The van der Waals surface area contributed by atoms with Crippen molar-refractivity contribution in [3.05, 3.63) is 34.2 Å². The molecule has 0 spiro atoms. The largest absolute Gasteiger partial charge is 0.393 e. The Balaban J connectivity index is 1.81. The molecule has 5 nitrogen and oxygen atoms in total. The third-order valence-electron chi connectivity index (χ3n) is 3.41. The van der Waals surface area contributed by atoms with Crippen LogP contribution >= 0.6 is 0 Å². The van der Waals surface area contributed by atoms with E-state index < -0.39 is 0 Å². The van der Waals surface area contributed by atoms with Crippen molar-refractivity contribution in [3.63, 3.8) is 0 Å². The Morgan fingerprint density at radius 1 is 1.33 bits per heavy atom. The number of aliphatic hydroxyl groups is 1. The first-order valence-electron chi connectivity index (χ1n) is 6.30. The first-order valence-corrected chi connectivity index (χ1v) is 6.30. The quantitative estimate of drug-likeness (QED) is 0.737. The monoisotopic (exact) mass is 250 g/mol. The van der Waals surface area contributed by atoms with Crippen LogP contribution in [0.25, 0.3) is 0 Å². The molecule has 3 N–H and O–H groups in total. The van der Waals surface area contributed by atoms with Crippen molar-refractivity contribution < 1.29 is 9.90 Å². The highest BCUT2D eigenvalue weighted by Crippen LogP contribution is 2.23. The van der Waals surface area contributed by atoms with Gasteiger partial charge >= 0.3 is 0 Å². The first-order chi connectivity index (χ1) is 8.65. The van der Waals surface area contributed by atoms with Gasteiger partial charge in [-0.25, -0.2) is 0 Å². The minimum absolute atomic E-state index is 0.169. The highest BCUT2D eigenvalue weighted by atomic mass is 16.3. The molecule has 0 radical (unpaired) electrons. The fourth-order valence-electron chi connectivity index (χ4n) is 2.24. The van der Waals surface area contributed by atoms with E-state index in [0.717, 1.165) is 25.7 Å². The predicted octanol–water partition coefficient (Wildman–Crippen LogP) is 0.656. The van der Waals surface area contributed by atoms with Gasteiger partial charge in [-0.05, 0) is 37.7 Å². The van der Waals surface area contributed by atoms with Crippen LogP contribution in [0.1, 0.15) is 36.0 Å². The number of carbonyl (C=O) groups excluding carboxylic acids is 1. The lowest BCUT2D eigenvalue weighted by atomic mass is 9.87. The second-order valence-electron chi connectivity index (χ2n) is 4.83. The zero-order valence-corrected chi connectivity index (χ0v) is 10.2. The number of carbonyl (C=O) groups is 1. The molecular weight excluding hydrogens is 232 g/mol. The van der Waals surface area contributed by atoms with Crippen molar-refractivity contribution in [1.29, 1.82) is 0 Å². The smallest absolute Gasteiger partial charge is 0.252 e. The van der Waals surface area contributed by atoms with Crippen molar-refractivity contribution in [2.75, 3.05) is 6.54 Å². The van der Waals surface area contributed by atoms with E-state index in [1.54, 1.807) is 0 Å². The Morgan fingerprint density at radius 2 is 2.06 bits per heavy atom. The lowest BCUT2D eigenvalue weighted by Crippen LogP contribution is -2.32. The molecule has 5 heteroatoms. The van der Waals surface area contributed by atoms with E-state index in [9.17, 15) is 14.7 Å². The molecule has 0 atom stereocenters. The Kier molecular flexibility index (Phi) is 4.15. The van der Waals surface area contributed by atoms with Crippen LogP contribution in [0.3, 0.4) is 0 Å². The molecule has 18 heavy (non-hydrogen) atoms. The number of aromatic nitrogens is 1. The van der Waals surface area contributed by atoms with Gasteiger partial charge in [0.1, 0.15) is 0 Å². The van der Waals surface area contributed by atoms with Crippen LogP contribution in [-0.2, 0) is 0 Å². The summed E-state index contributed by atoms with van der Waals surface area (Å²) in [6, 6.07) is 2.85. The predicted molar refractivity (Wildman–Crippen MR) is 67.4 cm³/mol. The molecule has 1 aliphatic rings. The second-order valence-corrected chi connectivity index (χ2v) is 4.83. The molecule has 1 aromatic rings. The van der Waals surface area contributed by atoms with E-state index in [2.05, 4.69) is 10.3 Å². The molecule has 98 valence electrons. The number of hydrogen-bond donors (Lipinski definition) is 3. The molecule has 1 aromatic heterocycles. The maximum atomic E-state index is 11.8. The van der Waals surface area contributed by atoms with Gasteiger partial charge in [-0.2, -0.15) is 0 Å². The topological polar surface area (TPSA) is 82.2 Å². The number of hydrogen-bond acceptors (Lipinski definition) is 3. The van der Waals surface area contributed by atoms with Gasteiger partial charge in [-0.1, -0.05) is 0 Å². The Morgan fingerprint density at radius 3 is 2.67 bits per heavy atom. The standard InChI is InChI=1S/C13H18N2O3/c16-11-4-1-9(2-5-11)7-15-13(18)10-3-6-12(17)14-8-10/h3,6,8-9,11,16H,1-2,4-5,7H2,(H,14,17)(H,15,18). The normalized spacial score (nSPS) is 23.6. The van der Waals surface area contributed by atoms with Gasteiger partial charge in [0.25, 0.3) is 5.91 Å². The van der Waals surface area contributed by atoms with E-state index >= 15 is 0 Å². The van der Waals surface area contributed by atoms with Gasteiger partial charge in [0.05, 0.1) is 11.7 Å². The van der Waals surface area contributed by atoms with E-state index in [4.69, 9.17) is 0 Å². The summed E-state index contributed by atoms with van der Waals surface area (Å²) in [4.78, 5) is 25.1. The highest BCUT2D eigenvalue weighted by Gasteiger charge is 2.19. The second kappa shape index (κ2) is 5.82. The van der Waals surface area contributed by atoms with Crippen molar-refractivity contribution in [2.45, 2.75) is 31.8 Å². The van der Waals surface area contributed by atoms with Gasteiger partial charge < -0.3 is 15.4 Å². The number of aromatic amines is 1. The number of rotatable bonds is 3. The summed E-state index contributed by atoms with van der Waals surface area (Å²) in [5, 5.41) is 12.2. The number of nitrogens with one attached hydrogen (secondary N) is 2. The molecule has 2 rings (SSSR count). The number of H-pyrrole nitrogens is 1. The molecule has 0 saturated heterocycles. The van der Waals surface area contributed by atoms with Gasteiger partial charge in [0.15, 0.2) is 0 Å². The summed E-state index contributed by atoms with van der Waals surface area (Å²) >= 11 is 0. The molecule has 1 amide bonds. The highest BCUT2D eigenvalue weighted by molar-refractivity contribution is 5.93. The van der Waals surface area contributed by atoms with E-state index in [-0.39, 0.29) is 17.6 Å². The van der Waals surface area contributed by atoms with Crippen molar-refractivity contribution in [2.24, 2.45) is 5.92 Å². The zero-order valence-electron chi connectivity index (χ0n) is 10.2. The van der Waals surface area contributed by atoms with Gasteiger partial charge in [0, 0.05) is 18.8 Å². The Bertz CT molecular complexity index is 441. The molecule has 1 fully saturated rings. The molecular formula is C13H18N2O3. The maximum absolute atomic E-state index is 11.8. The Labute approximate surface area is 105 Å². The minimum atomic E-state index is -0.215. The first kappa shape index (κ1) is 12.8. The summed E-state index contributed by atoms with van der Waals surface area (Å²) in [5.74, 6) is 0.275. The summed E-state index contributed by atoms with van der Waals surface area (Å²) in [6.07, 6.45) is 4.79. The van der Waals surface area contributed by atoms with Crippen LogP contribution in [0, 0.1) is 5.92 Å². The number of amides is 1. The average Bonchev–Trinajstić information content (AvgIpc) is 2.38. The average molecular weight is 250 g/mol. The maximum Gasteiger partial charge on any atom is 0.252 e. The molecule has 0 bridgehead atoms. The molecule has 0 aliphatic heterocycles. The molecule has 0 aromatic carbocycles. The van der Waals surface area contributed by atoms with Crippen LogP contribution in [0.4, 0.5) is 0 Å². The molecule has 0 unspecified atom stereocenters. The van der Waals surface area contributed by atoms with Crippen LogP contribution < -0.4 is 10.9 Å². The molecule has 1 heterocycles. The van der Waals surface area contributed by atoms with Crippen LogP contribution in [0.2, 0.25) is 0 Å². The third-order valence-corrected chi connectivity index (χ3v) is 3.41. The SMILES string of the molecule is O=C(NCC1CCC(O)CC1)c1ccc(=O)[nH]c1. The third kappa shape index (κ3) is 3.43. The lowest BCUT2D eigenvalue weighted by molar-refractivity contribution is 0.0910. The molecule has 1 saturated carbocycles. The lowest BCUT2D eigenvalue weighted by Gasteiger charge is -2.25. The van der Waals surface area contributed by atoms with Gasteiger partial charge in [-0.3, -0.25) is 9.59 Å². The number of pyridine rings is 1. The van der Waals surface area contributed by atoms with E-state index in [1.165, 1.54) is 18.3 Å². The minimum Gasteiger partial charge on any atom is -0.393 e. The fourth-order valence-corrected chi connectivity index (χ4v) is 2.24. The van der Waals surface area contributed by atoms with Gasteiger partial charge in [0.2, 0.25) is 5.56 Å². The van der Waals surface area contributed by atoms with Crippen molar-refractivity contribution in [3.8, 4) is 0 Å². The van der Waals surface area contributed by atoms with Crippen LogP contribution in [-0.4, -0.2) is 28.6 Å². The van der Waals surface area contributed by atoms with E-state index in [1.807, 2.05) is 0 Å². The van der Waals surface area contributed by atoms with Crippen LogP contribution in [0.5, 0.6) is 0 Å². The summed E-state index contributed by atoms with van der Waals surface area (Å²) in [5.41, 5.74) is 0.248. The van der Waals surface area contributed by atoms with E-state index in [0.29, 0.717) is 18.0 Å². The summed E-state index contributed by atoms with van der Waals surface area (Å²) in [6.45, 7) is 0.630. The van der Waals surface area contributed by atoms with Gasteiger partial charge in [-0.15, -0.1) is 0 Å². The summed E-state index contributed by atoms with van der Waals surface area (Å²) < 4.78 is 0. The zero-order chi connectivity index (χ0) is 13.0. The Hall–Kier alpha value is -1.62.